The highest BCUT2D eigenvalue weighted by Crippen LogP contribution is 2.32. The molecule has 2 aromatic rings. The highest BCUT2D eigenvalue weighted by Gasteiger charge is 2.40. The zero-order chi connectivity index (χ0) is 19.6. The maximum atomic E-state index is 12.5. The quantitative estimate of drug-likeness (QED) is 0.623. The van der Waals surface area contributed by atoms with Gasteiger partial charge < -0.3 is 8.92 Å². The smallest absolute Gasteiger partial charge is 0.473 e. The molecule has 1 aliphatic rings. The second-order valence-electron chi connectivity index (χ2n) is 5.50. The summed E-state index contributed by atoms with van der Waals surface area (Å²) in [5.74, 6) is 0.156. The van der Waals surface area contributed by atoms with Crippen LogP contribution in [0.2, 0.25) is 10.0 Å². The fourth-order valence-corrected chi connectivity index (χ4v) is 3.37. The van der Waals surface area contributed by atoms with Crippen molar-refractivity contribution in [1.82, 2.24) is 4.98 Å². The molecule has 27 heavy (non-hydrogen) atoms. The summed E-state index contributed by atoms with van der Waals surface area (Å²) in [6.07, 6.45) is 2.35. The van der Waals surface area contributed by atoms with Gasteiger partial charge in [-0.3, -0.25) is 0 Å². The molecule has 0 saturated heterocycles. The minimum Gasteiger partial charge on any atom is -0.473 e. The highest BCUT2D eigenvalue weighted by atomic mass is 35.5. The van der Waals surface area contributed by atoms with Crippen LogP contribution in [0.5, 0.6) is 5.88 Å². The Morgan fingerprint density at radius 1 is 1.15 bits per heavy atom. The third-order valence-electron chi connectivity index (χ3n) is 3.71. The second kappa shape index (κ2) is 8.08. The lowest BCUT2D eigenvalue weighted by atomic mass is 10.0. The van der Waals surface area contributed by atoms with E-state index in [0.29, 0.717) is 39.7 Å². The number of hydrogen-bond acceptors (Lipinski definition) is 4. The van der Waals surface area contributed by atoms with Crippen molar-refractivity contribution in [3.8, 4) is 5.88 Å². The van der Waals surface area contributed by atoms with Crippen LogP contribution in [0.3, 0.4) is 0 Å². The summed E-state index contributed by atoms with van der Waals surface area (Å²) in [5.41, 5.74) is -3.51. The molecule has 0 amide bonds. The van der Waals surface area contributed by atoms with Crippen LogP contribution in [0.25, 0.3) is 5.76 Å². The number of ether oxygens (including phenoxy) is 1. The number of rotatable bonds is 5. The maximum absolute atomic E-state index is 12.5. The second-order valence-corrected chi connectivity index (χ2v) is 7.42. The van der Waals surface area contributed by atoms with Gasteiger partial charge in [0.1, 0.15) is 12.4 Å². The number of hydrogen-bond donors (Lipinski definition) is 0. The number of fused-ring (bicyclic) bond motifs is 1. The average molecular weight is 438 g/mol. The number of aryl methyl sites for hydroxylation is 1. The van der Waals surface area contributed by atoms with Gasteiger partial charge in [-0.15, -0.1) is 0 Å². The number of halogens is 5. The molecule has 10 heteroatoms. The number of nitrogens with zero attached hydrogens (tertiary/aromatic N) is 1. The van der Waals surface area contributed by atoms with Crippen LogP contribution < -0.4 is 4.74 Å². The minimum absolute atomic E-state index is 0.0849. The molecule has 1 aliphatic carbocycles. The number of alkyl halides is 3. The van der Waals surface area contributed by atoms with Crippen molar-refractivity contribution in [2.45, 2.75) is 25.0 Å². The first-order valence-corrected chi connectivity index (χ1v) is 9.52. The predicted octanol–water partition coefficient (Wildman–Crippen LogP) is 5.45. The molecule has 0 saturated carbocycles. The fourth-order valence-electron chi connectivity index (χ4n) is 2.45. The summed E-state index contributed by atoms with van der Waals surface area (Å²) in [6.45, 7) is 0.0849. The molecule has 4 nitrogen and oxygen atoms in total. The third-order valence-corrected chi connectivity index (χ3v) is 5.12. The molecule has 1 atom stereocenters. The van der Waals surface area contributed by atoms with E-state index in [0.717, 1.165) is 0 Å². The maximum Gasteiger partial charge on any atom is 0.508 e. The summed E-state index contributed by atoms with van der Waals surface area (Å²) in [6, 6.07) is 8.08. The van der Waals surface area contributed by atoms with Crippen LogP contribution in [0.1, 0.15) is 23.2 Å². The van der Waals surface area contributed by atoms with Crippen LogP contribution in [0.4, 0.5) is 13.2 Å². The Bertz CT molecular complexity index is 899. The predicted molar refractivity (Wildman–Crippen MR) is 96.6 cm³/mol. The lowest BCUT2D eigenvalue weighted by Gasteiger charge is -2.18. The Hall–Kier alpha value is -1.77. The minimum atomic E-state index is -4.96. The average Bonchev–Trinajstić information content (AvgIpc) is 2.60. The molecule has 144 valence electrons. The molecule has 0 radical (unpaired) electrons. The van der Waals surface area contributed by atoms with E-state index in [1.165, 1.54) is 18.2 Å². The number of aromatic nitrogens is 1. The topological polar surface area (TPSA) is 48.4 Å². The molecule has 3 rings (SSSR count). The van der Waals surface area contributed by atoms with Gasteiger partial charge in [-0.2, -0.15) is 13.2 Å². The summed E-state index contributed by atoms with van der Waals surface area (Å²) >= 11 is 8.73. The lowest BCUT2D eigenvalue weighted by Crippen LogP contribution is -2.19. The third kappa shape index (κ3) is 4.75. The fraction of sp³-hybridized carbons (Fsp3) is 0.235. The van der Waals surface area contributed by atoms with Gasteiger partial charge in [-0.05, 0) is 37.1 Å². The normalized spacial score (nSPS) is 14.9. The zero-order valence-corrected chi connectivity index (χ0v) is 15.9. The van der Waals surface area contributed by atoms with Crippen LogP contribution in [0, 0.1) is 0 Å². The summed E-state index contributed by atoms with van der Waals surface area (Å²) in [4.78, 5) is 4.30. The Labute approximate surface area is 165 Å². The Morgan fingerprint density at radius 3 is 2.52 bits per heavy atom. The van der Waals surface area contributed by atoms with Crippen molar-refractivity contribution < 1.29 is 26.3 Å². The Balaban J connectivity index is 1.75. The van der Waals surface area contributed by atoms with Crippen molar-refractivity contribution >= 4 is 40.0 Å². The van der Waals surface area contributed by atoms with E-state index in [2.05, 4.69) is 9.17 Å². The molecule has 0 bridgehead atoms. The molecule has 0 N–H and O–H groups in total. The van der Waals surface area contributed by atoms with E-state index in [1.807, 2.05) is 0 Å². The summed E-state index contributed by atoms with van der Waals surface area (Å²) in [5, 5.41) is 0.905. The first-order valence-electron chi connectivity index (χ1n) is 7.69. The van der Waals surface area contributed by atoms with Gasteiger partial charge in [0.15, 0.2) is 0 Å². The van der Waals surface area contributed by atoms with Crippen molar-refractivity contribution in [1.29, 1.82) is 0 Å². The van der Waals surface area contributed by atoms with Crippen LogP contribution in [0.15, 0.2) is 36.4 Å². The molecular weight excluding hydrogens is 426 g/mol. The molecule has 1 aromatic carbocycles. The van der Waals surface area contributed by atoms with Gasteiger partial charge >= 0.3 is 16.6 Å². The van der Waals surface area contributed by atoms with E-state index in [4.69, 9.17) is 27.9 Å². The monoisotopic (exact) mass is 437 g/mol. The van der Waals surface area contributed by atoms with Gasteiger partial charge in [-0.1, -0.05) is 29.3 Å². The van der Waals surface area contributed by atoms with Crippen LogP contribution in [-0.2, 0) is 28.3 Å². The van der Waals surface area contributed by atoms with Crippen molar-refractivity contribution in [3.05, 3.63) is 63.3 Å². The van der Waals surface area contributed by atoms with Crippen molar-refractivity contribution in [2.24, 2.45) is 0 Å². The van der Waals surface area contributed by atoms with E-state index in [-0.39, 0.29) is 18.2 Å². The Kier molecular flexibility index (Phi) is 5.98. The van der Waals surface area contributed by atoms with Gasteiger partial charge in [0, 0.05) is 27.2 Å². The van der Waals surface area contributed by atoms with E-state index in [9.17, 15) is 17.4 Å². The largest absolute Gasteiger partial charge is 0.508 e. The van der Waals surface area contributed by atoms with Crippen molar-refractivity contribution in [2.75, 3.05) is 0 Å². The zero-order valence-electron chi connectivity index (χ0n) is 13.6. The first kappa shape index (κ1) is 20.0. The molecule has 1 heterocycles. The van der Waals surface area contributed by atoms with Gasteiger partial charge in [0.2, 0.25) is 5.88 Å². The van der Waals surface area contributed by atoms with Gasteiger partial charge in [0.25, 0.3) is 0 Å². The highest BCUT2D eigenvalue weighted by molar-refractivity contribution is 7.81. The number of pyridine rings is 1. The van der Waals surface area contributed by atoms with Gasteiger partial charge in [0.05, 0.1) is 5.69 Å². The molecular formula is C17H12Cl2F3NO3S. The molecule has 1 aromatic heterocycles. The SMILES string of the molecule is O=S(OC1=CCCc2nc(OCc3c(Cl)cccc3Cl)ccc21)C(F)(F)F. The first-order chi connectivity index (χ1) is 12.8. The number of benzene rings is 1. The van der Waals surface area contributed by atoms with Crippen LogP contribution >= 0.6 is 23.2 Å². The van der Waals surface area contributed by atoms with E-state index >= 15 is 0 Å². The molecule has 0 aliphatic heterocycles. The standard InChI is InChI=1S/C17H12Cl2F3NO3S/c18-12-3-1-4-13(19)11(12)9-25-16-8-7-10-14(23-16)5-2-6-15(10)26-27(24)17(20,21)22/h1,3-4,6-8H,2,5,9H2. The van der Waals surface area contributed by atoms with E-state index < -0.39 is 16.6 Å². The number of allylic oxidation sites excluding steroid dienone is 1. The van der Waals surface area contributed by atoms with E-state index in [1.54, 1.807) is 18.2 Å². The van der Waals surface area contributed by atoms with Crippen molar-refractivity contribution in [3.63, 3.8) is 0 Å². The molecule has 0 fully saturated rings. The van der Waals surface area contributed by atoms with Crippen LogP contribution in [-0.4, -0.2) is 14.7 Å². The summed E-state index contributed by atoms with van der Waals surface area (Å²) < 4.78 is 58.8. The summed E-state index contributed by atoms with van der Waals surface area (Å²) in [7, 11) is 0. The Morgan fingerprint density at radius 2 is 1.85 bits per heavy atom. The molecule has 1 unspecified atom stereocenters. The molecule has 0 spiro atoms. The van der Waals surface area contributed by atoms with Gasteiger partial charge in [-0.25, -0.2) is 9.19 Å². The lowest BCUT2D eigenvalue weighted by molar-refractivity contribution is -0.0445.